The molecule has 0 aliphatic carbocycles. The molecule has 0 unspecified atom stereocenters. The molecule has 1 fully saturated rings. The van der Waals surface area contributed by atoms with E-state index >= 15 is 0 Å². The van der Waals surface area contributed by atoms with E-state index in [-0.39, 0.29) is 17.7 Å². The molecule has 1 aliphatic rings. The Morgan fingerprint density at radius 1 is 1.14 bits per heavy atom. The van der Waals surface area contributed by atoms with E-state index in [1.807, 2.05) is 22.9 Å². The third kappa shape index (κ3) is 5.97. The second-order valence-electron chi connectivity index (χ2n) is 9.88. The molecule has 8 heteroatoms. The number of aryl methyl sites for hydroxylation is 1. The van der Waals surface area contributed by atoms with Crippen molar-refractivity contribution in [2.24, 2.45) is 0 Å². The fourth-order valence-electron chi connectivity index (χ4n) is 5.29. The zero-order valence-electron chi connectivity index (χ0n) is 21.8. The lowest BCUT2D eigenvalue weighted by Gasteiger charge is -2.30. The summed E-state index contributed by atoms with van der Waals surface area (Å²) in [5.41, 5.74) is 4.10. The predicted molar refractivity (Wildman–Crippen MR) is 144 cm³/mol. The van der Waals surface area contributed by atoms with E-state index in [1.54, 1.807) is 0 Å². The number of hydrogen-bond donors (Lipinski definition) is 1. The molecule has 2 aromatic heterocycles. The molecule has 2 atom stereocenters. The van der Waals surface area contributed by atoms with Crippen LogP contribution in [0.5, 0.6) is 0 Å². The van der Waals surface area contributed by atoms with Crippen LogP contribution in [0, 0.1) is 0 Å². The van der Waals surface area contributed by atoms with Crippen molar-refractivity contribution in [2.45, 2.75) is 71.2 Å². The van der Waals surface area contributed by atoms with Crippen LogP contribution in [0.1, 0.15) is 61.7 Å². The SMILES string of the molecule is CCc1ccc2[nH]c(=O)c(CN(CCc3ccccc3)[C@H](CC)c3nnnn3C[C@@H]3CCCO3)cc2c1. The van der Waals surface area contributed by atoms with Crippen LogP contribution in [-0.4, -0.2) is 49.3 Å². The number of rotatable bonds is 11. The Kier molecular flexibility index (Phi) is 8.06. The van der Waals surface area contributed by atoms with E-state index in [1.165, 1.54) is 11.1 Å². The van der Waals surface area contributed by atoms with Gasteiger partial charge in [-0.15, -0.1) is 5.10 Å². The van der Waals surface area contributed by atoms with Crippen molar-refractivity contribution in [1.29, 1.82) is 0 Å². The maximum absolute atomic E-state index is 13.1. The Bertz CT molecular complexity index is 1360. The monoisotopic (exact) mass is 500 g/mol. The minimum atomic E-state index is -0.0461. The third-order valence-electron chi connectivity index (χ3n) is 7.38. The topological polar surface area (TPSA) is 88.9 Å². The summed E-state index contributed by atoms with van der Waals surface area (Å²) in [6.45, 7) is 7.05. The maximum Gasteiger partial charge on any atom is 0.252 e. The van der Waals surface area contributed by atoms with Crippen molar-refractivity contribution >= 4 is 10.9 Å². The number of nitrogens with one attached hydrogen (secondary N) is 1. The number of aromatic nitrogens is 5. The number of tetrazole rings is 1. The van der Waals surface area contributed by atoms with Crippen molar-refractivity contribution in [3.63, 3.8) is 0 Å². The van der Waals surface area contributed by atoms with Gasteiger partial charge in [0.15, 0.2) is 5.82 Å². The normalized spacial score (nSPS) is 16.6. The number of fused-ring (bicyclic) bond motifs is 1. The first-order valence-corrected chi connectivity index (χ1v) is 13.4. The molecule has 1 N–H and O–H groups in total. The highest BCUT2D eigenvalue weighted by molar-refractivity contribution is 5.79. The molecule has 0 spiro atoms. The van der Waals surface area contributed by atoms with E-state index in [2.05, 4.69) is 75.7 Å². The number of H-pyrrole nitrogens is 1. The van der Waals surface area contributed by atoms with Gasteiger partial charge in [-0.3, -0.25) is 9.69 Å². The molecule has 37 heavy (non-hydrogen) atoms. The van der Waals surface area contributed by atoms with Crippen molar-refractivity contribution in [3.05, 3.63) is 87.5 Å². The Balaban J connectivity index is 1.46. The van der Waals surface area contributed by atoms with Crippen molar-refractivity contribution in [2.75, 3.05) is 13.2 Å². The summed E-state index contributed by atoms with van der Waals surface area (Å²) >= 11 is 0. The summed E-state index contributed by atoms with van der Waals surface area (Å²) < 4.78 is 7.76. The predicted octanol–water partition coefficient (Wildman–Crippen LogP) is 4.45. The Morgan fingerprint density at radius 2 is 2.00 bits per heavy atom. The standard InChI is InChI=1S/C29H36N6O2/c1-3-21-12-13-26-23(17-21)18-24(29(36)30-26)19-34(15-14-22-9-6-5-7-10-22)27(4-2)28-31-32-33-35(28)20-25-11-8-16-37-25/h5-7,9-10,12-13,17-18,25,27H,3-4,8,11,14-16,19-20H2,1-2H3,(H,30,36)/t25-,27+/m0/s1. The summed E-state index contributed by atoms with van der Waals surface area (Å²) in [5, 5.41) is 13.9. The summed E-state index contributed by atoms with van der Waals surface area (Å²) in [4.78, 5) is 18.6. The van der Waals surface area contributed by atoms with Crippen LogP contribution in [-0.2, 0) is 30.7 Å². The second-order valence-corrected chi connectivity index (χ2v) is 9.88. The number of nitrogens with zero attached hydrogens (tertiary/aromatic N) is 5. The highest BCUT2D eigenvalue weighted by Gasteiger charge is 2.27. The molecule has 8 nitrogen and oxygen atoms in total. The van der Waals surface area contributed by atoms with Crippen LogP contribution in [0.2, 0.25) is 0 Å². The van der Waals surface area contributed by atoms with Crippen LogP contribution in [0.4, 0.5) is 0 Å². The summed E-state index contributed by atoms with van der Waals surface area (Å²) in [6, 6.07) is 18.7. The molecular weight excluding hydrogens is 464 g/mol. The quantitative estimate of drug-likeness (QED) is 0.327. The van der Waals surface area contributed by atoms with Gasteiger partial charge < -0.3 is 9.72 Å². The molecule has 0 bridgehead atoms. The highest BCUT2D eigenvalue weighted by Crippen LogP contribution is 2.26. The van der Waals surface area contributed by atoms with Crippen LogP contribution in [0.15, 0.2) is 59.4 Å². The first kappa shape index (κ1) is 25.3. The van der Waals surface area contributed by atoms with Crippen LogP contribution in [0.3, 0.4) is 0 Å². The first-order chi connectivity index (χ1) is 18.1. The van der Waals surface area contributed by atoms with Gasteiger partial charge in [-0.2, -0.15) is 0 Å². The number of ether oxygens (including phenoxy) is 1. The van der Waals surface area contributed by atoms with Gasteiger partial charge in [0.05, 0.1) is 18.7 Å². The minimum Gasteiger partial charge on any atom is -0.376 e. The molecule has 1 aliphatic heterocycles. The van der Waals surface area contributed by atoms with Crippen LogP contribution >= 0.6 is 0 Å². The van der Waals surface area contributed by atoms with E-state index in [9.17, 15) is 4.79 Å². The third-order valence-corrected chi connectivity index (χ3v) is 7.38. The first-order valence-electron chi connectivity index (χ1n) is 13.4. The molecule has 0 saturated carbocycles. The van der Waals surface area contributed by atoms with Gasteiger partial charge in [0, 0.05) is 30.8 Å². The minimum absolute atomic E-state index is 0.0304. The van der Waals surface area contributed by atoms with Gasteiger partial charge in [-0.1, -0.05) is 50.2 Å². The summed E-state index contributed by atoms with van der Waals surface area (Å²) in [5.74, 6) is 0.830. The zero-order chi connectivity index (χ0) is 25.6. The Labute approximate surface area is 217 Å². The highest BCUT2D eigenvalue weighted by atomic mass is 16.5. The average molecular weight is 501 g/mol. The van der Waals surface area contributed by atoms with Gasteiger partial charge in [-0.05, 0) is 77.2 Å². The summed E-state index contributed by atoms with van der Waals surface area (Å²) in [6.07, 6.45) is 4.90. The van der Waals surface area contributed by atoms with Gasteiger partial charge in [0.1, 0.15) is 0 Å². The molecule has 1 saturated heterocycles. The molecule has 0 amide bonds. The smallest absolute Gasteiger partial charge is 0.252 e. The van der Waals surface area contributed by atoms with E-state index in [0.29, 0.717) is 13.1 Å². The molecule has 0 radical (unpaired) electrons. The zero-order valence-corrected chi connectivity index (χ0v) is 21.8. The van der Waals surface area contributed by atoms with E-state index < -0.39 is 0 Å². The molecule has 3 heterocycles. The fourth-order valence-corrected chi connectivity index (χ4v) is 5.29. The molecule has 5 rings (SSSR count). The van der Waals surface area contributed by atoms with Gasteiger partial charge >= 0.3 is 0 Å². The van der Waals surface area contributed by atoms with E-state index in [4.69, 9.17) is 4.74 Å². The average Bonchev–Trinajstić information content (AvgIpc) is 3.61. The van der Waals surface area contributed by atoms with Crippen molar-refractivity contribution < 1.29 is 4.74 Å². The van der Waals surface area contributed by atoms with Gasteiger partial charge in [0.2, 0.25) is 0 Å². The number of pyridine rings is 1. The Hall–Kier alpha value is -3.36. The van der Waals surface area contributed by atoms with Crippen LogP contribution < -0.4 is 5.56 Å². The molecular formula is C29H36N6O2. The largest absolute Gasteiger partial charge is 0.376 e. The molecule has 4 aromatic rings. The molecule has 2 aromatic carbocycles. The number of benzene rings is 2. The number of aromatic amines is 1. The van der Waals surface area contributed by atoms with Crippen molar-refractivity contribution in [1.82, 2.24) is 30.1 Å². The van der Waals surface area contributed by atoms with Gasteiger partial charge in [-0.25, -0.2) is 4.68 Å². The Morgan fingerprint density at radius 3 is 2.76 bits per heavy atom. The second kappa shape index (κ2) is 11.8. The van der Waals surface area contributed by atoms with Crippen LogP contribution in [0.25, 0.3) is 10.9 Å². The fraction of sp³-hybridized carbons (Fsp3) is 0.448. The number of hydrogen-bond acceptors (Lipinski definition) is 6. The lowest BCUT2D eigenvalue weighted by Crippen LogP contribution is -2.34. The summed E-state index contributed by atoms with van der Waals surface area (Å²) in [7, 11) is 0. The van der Waals surface area contributed by atoms with Crippen molar-refractivity contribution in [3.8, 4) is 0 Å². The maximum atomic E-state index is 13.1. The lowest BCUT2D eigenvalue weighted by atomic mass is 10.1. The molecule has 194 valence electrons. The van der Waals surface area contributed by atoms with Gasteiger partial charge in [0.25, 0.3) is 5.56 Å². The van der Waals surface area contributed by atoms with E-state index in [0.717, 1.165) is 67.5 Å². The lowest BCUT2D eigenvalue weighted by molar-refractivity contribution is 0.0893.